The lowest BCUT2D eigenvalue weighted by atomic mass is 10.4. The van der Waals surface area contributed by atoms with Gasteiger partial charge in [0, 0.05) is 13.2 Å². The molecule has 0 saturated heterocycles. The van der Waals surface area contributed by atoms with Crippen LogP contribution >= 0.6 is 0 Å². The number of unbranched alkanes of at least 4 members (excludes halogenated alkanes) is 1. The minimum Gasteiger partial charge on any atom is -0.379 e. The van der Waals surface area contributed by atoms with Gasteiger partial charge in [0.1, 0.15) is 0 Å². The number of rotatable bonds is 11. The van der Waals surface area contributed by atoms with Crippen LogP contribution in [0.15, 0.2) is 0 Å². The summed E-state index contributed by atoms with van der Waals surface area (Å²) in [6.07, 6.45) is 3.53. The molecule has 0 heterocycles. The van der Waals surface area contributed by atoms with E-state index in [1.165, 1.54) is 12.8 Å². The van der Waals surface area contributed by atoms with Crippen LogP contribution in [0.5, 0.6) is 0 Å². The highest BCUT2D eigenvalue weighted by molar-refractivity contribution is 4.43. The van der Waals surface area contributed by atoms with Crippen LogP contribution in [-0.2, 0) is 9.47 Å². The fourth-order valence-electron chi connectivity index (χ4n) is 1.01. The summed E-state index contributed by atoms with van der Waals surface area (Å²) < 4.78 is 10.7. The molecule has 0 spiro atoms. The molecule has 0 radical (unpaired) electrons. The fraction of sp³-hybridized carbons (Fsp3) is 1.00. The van der Waals surface area contributed by atoms with E-state index in [-0.39, 0.29) is 0 Å². The van der Waals surface area contributed by atoms with Crippen LogP contribution in [0.1, 0.15) is 33.1 Å². The average molecular weight is 203 g/mol. The van der Waals surface area contributed by atoms with Gasteiger partial charge in [0.25, 0.3) is 0 Å². The third kappa shape index (κ3) is 11.9. The Morgan fingerprint density at radius 3 is 2.14 bits per heavy atom. The predicted molar refractivity (Wildman–Crippen MR) is 59.7 cm³/mol. The average Bonchev–Trinajstić information content (AvgIpc) is 2.21. The van der Waals surface area contributed by atoms with Crippen LogP contribution in [0.4, 0.5) is 0 Å². The first-order valence-corrected chi connectivity index (χ1v) is 5.78. The monoisotopic (exact) mass is 203 g/mol. The molecule has 3 heteroatoms. The molecule has 14 heavy (non-hydrogen) atoms. The molecule has 0 aliphatic rings. The van der Waals surface area contributed by atoms with E-state index in [0.717, 1.165) is 45.9 Å². The minimum absolute atomic E-state index is 0.720. The Bertz CT molecular complexity index is 87.3. The summed E-state index contributed by atoms with van der Waals surface area (Å²) >= 11 is 0. The van der Waals surface area contributed by atoms with Crippen molar-refractivity contribution in [3.63, 3.8) is 0 Å². The Balaban J connectivity index is 2.78. The fourth-order valence-corrected chi connectivity index (χ4v) is 1.01. The zero-order valence-corrected chi connectivity index (χ0v) is 9.68. The molecule has 0 atom stereocenters. The Labute approximate surface area is 88.2 Å². The molecule has 0 aromatic rings. The number of ether oxygens (including phenoxy) is 2. The van der Waals surface area contributed by atoms with E-state index in [0.29, 0.717) is 0 Å². The van der Waals surface area contributed by atoms with Crippen LogP contribution in [-0.4, -0.2) is 39.5 Å². The molecular formula is C11H25NO2. The summed E-state index contributed by atoms with van der Waals surface area (Å²) in [5.74, 6) is 0. The molecule has 3 nitrogen and oxygen atoms in total. The van der Waals surface area contributed by atoms with Gasteiger partial charge in [0.15, 0.2) is 0 Å². The highest BCUT2D eigenvalue weighted by atomic mass is 16.5. The molecule has 1 N–H and O–H groups in total. The van der Waals surface area contributed by atoms with Gasteiger partial charge in [-0.2, -0.15) is 0 Å². The second kappa shape index (κ2) is 12.9. The van der Waals surface area contributed by atoms with Crippen molar-refractivity contribution in [2.24, 2.45) is 0 Å². The van der Waals surface area contributed by atoms with E-state index in [1.807, 2.05) is 0 Å². The van der Waals surface area contributed by atoms with Crippen molar-refractivity contribution >= 4 is 0 Å². The standard InChI is InChI=1S/C11H25NO2/c1-3-5-8-13-10-11-14-9-7-12-6-4-2/h12H,3-11H2,1-2H3. The summed E-state index contributed by atoms with van der Waals surface area (Å²) in [6, 6.07) is 0. The summed E-state index contributed by atoms with van der Waals surface area (Å²) in [5, 5.41) is 3.28. The largest absolute Gasteiger partial charge is 0.379 e. The normalized spacial score (nSPS) is 10.7. The highest BCUT2D eigenvalue weighted by Crippen LogP contribution is 1.87. The number of nitrogens with one attached hydrogen (secondary N) is 1. The lowest BCUT2D eigenvalue weighted by molar-refractivity contribution is 0.0478. The zero-order chi connectivity index (χ0) is 10.5. The van der Waals surface area contributed by atoms with Gasteiger partial charge in [0.05, 0.1) is 19.8 Å². The summed E-state index contributed by atoms with van der Waals surface area (Å²) in [5.41, 5.74) is 0. The van der Waals surface area contributed by atoms with Crippen LogP contribution < -0.4 is 5.32 Å². The second-order valence-electron chi connectivity index (χ2n) is 3.33. The first-order chi connectivity index (χ1) is 6.91. The van der Waals surface area contributed by atoms with Crippen molar-refractivity contribution in [2.75, 3.05) is 39.5 Å². The van der Waals surface area contributed by atoms with Gasteiger partial charge < -0.3 is 14.8 Å². The van der Waals surface area contributed by atoms with E-state index >= 15 is 0 Å². The summed E-state index contributed by atoms with van der Waals surface area (Å²) in [7, 11) is 0. The Hall–Kier alpha value is -0.120. The first kappa shape index (κ1) is 13.9. The molecule has 0 bridgehead atoms. The third-order valence-corrected chi connectivity index (χ3v) is 1.86. The van der Waals surface area contributed by atoms with Crippen molar-refractivity contribution in [1.82, 2.24) is 5.32 Å². The van der Waals surface area contributed by atoms with Gasteiger partial charge >= 0.3 is 0 Å². The van der Waals surface area contributed by atoms with Crippen LogP contribution in [0.25, 0.3) is 0 Å². The summed E-state index contributed by atoms with van der Waals surface area (Å²) in [4.78, 5) is 0. The van der Waals surface area contributed by atoms with Crippen molar-refractivity contribution in [3.8, 4) is 0 Å². The maximum absolute atomic E-state index is 5.37. The van der Waals surface area contributed by atoms with E-state index < -0.39 is 0 Å². The molecule has 0 unspecified atom stereocenters. The Morgan fingerprint density at radius 2 is 1.50 bits per heavy atom. The molecule has 0 saturated carbocycles. The maximum atomic E-state index is 5.37. The quantitative estimate of drug-likeness (QED) is 0.520. The third-order valence-electron chi connectivity index (χ3n) is 1.86. The number of hydrogen-bond donors (Lipinski definition) is 1. The highest BCUT2D eigenvalue weighted by Gasteiger charge is 1.89. The van der Waals surface area contributed by atoms with Crippen LogP contribution in [0.2, 0.25) is 0 Å². The van der Waals surface area contributed by atoms with E-state index in [1.54, 1.807) is 0 Å². The molecular weight excluding hydrogens is 178 g/mol. The smallest absolute Gasteiger partial charge is 0.0701 e. The zero-order valence-electron chi connectivity index (χ0n) is 9.68. The minimum atomic E-state index is 0.720. The Morgan fingerprint density at radius 1 is 0.786 bits per heavy atom. The number of hydrogen-bond acceptors (Lipinski definition) is 3. The van der Waals surface area contributed by atoms with Gasteiger partial charge in [0.2, 0.25) is 0 Å². The van der Waals surface area contributed by atoms with Gasteiger partial charge in [-0.25, -0.2) is 0 Å². The van der Waals surface area contributed by atoms with Gasteiger partial charge in [-0.15, -0.1) is 0 Å². The molecule has 0 aliphatic carbocycles. The topological polar surface area (TPSA) is 30.5 Å². The maximum Gasteiger partial charge on any atom is 0.0701 e. The molecule has 0 fully saturated rings. The predicted octanol–water partition coefficient (Wildman–Crippen LogP) is 1.82. The lowest BCUT2D eigenvalue weighted by Crippen LogP contribution is -2.21. The molecule has 0 amide bonds. The SMILES string of the molecule is CCCCOCCOCCNCCC. The molecule has 0 aromatic heterocycles. The second-order valence-corrected chi connectivity index (χ2v) is 3.33. The molecule has 0 rings (SSSR count). The van der Waals surface area contributed by atoms with Crippen molar-refractivity contribution in [3.05, 3.63) is 0 Å². The van der Waals surface area contributed by atoms with E-state index in [2.05, 4.69) is 19.2 Å². The van der Waals surface area contributed by atoms with Gasteiger partial charge in [-0.3, -0.25) is 0 Å². The molecule has 86 valence electrons. The lowest BCUT2D eigenvalue weighted by Gasteiger charge is -2.05. The van der Waals surface area contributed by atoms with Crippen molar-refractivity contribution < 1.29 is 9.47 Å². The molecule has 0 aliphatic heterocycles. The molecule has 0 aromatic carbocycles. The van der Waals surface area contributed by atoms with Gasteiger partial charge in [-0.1, -0.05) is 20.3 Å². The van der Waals surface area contributed by atoms with Gasteiger partial charge in [-0.05, 0) is 19.4 Å². The van der Waals surface area contributed by atoms with E-state index in [9.17, 15) is 0 Å². The summed E-state index contributed by atoms with van der Waals surface area (Å²) in [6.45, 7) is 9.46. The van der Waals surface area contributed by atoms with Crippen LogP contribution in [0, 0.1) is 0 Å². The van der Waals surface area contributed by atoms with Crippen LogP contribution in [0.3, 0.4) is 0 Å². The van der Waals surface area contributed by atoms with E-state index in [4.69, 9.17) is 9.47 Å². The van der Waals surface area contributed by atoms with Crippen molar-refractivity contribution in [2.45, 2.75) is 33.1 Å². The van der Waals surface area contributed by atoms with Crippen molar-refractivity contribution in [1.29, 1.82) is 0 Å². The first-order valence-electron chi connectivity index (χ1n) is 5.78. The Kier molecular flexibility index (Phi) is 12.8.